The topological polar surface area (TPSA) is 41.1 Å². The second-order valence-corrected chi connectivity index (χ2v) is 5.09. The summed E-state index contributed by atoms with van der Waals surface area (Å²) in [5, 5.41) is 6.34. The number of nitrogens with one attached hydrogen (secondary N) is 2. The molecule has 2 unspecified atom stereocenters. The van der Waals surface area contributed by atoms with Crippen molar-refractivity contribution in [2.75, 3.05) is 6.54 Å². The number of benzene rings is 1. The van der Waals surface area contributed by atoms with E-state index in [2.05, 4.69) is 48.7 Å². The summed E-state index contributed by atoms with van der Waals surface area (Å²) in [7, 11) is 0. The first-order chi connectivity index (χ1) is 8.69. The molecule has 3 nitrogen and oxygen atoms in total. The Hall–Kier alpha value is -1.35. The molecule has 1 aliphatic heterocycles. The molecule has 18 heavy (non-hydrogen) atoms. The fourth-order valence-corrected chi connectivity index (χ4v) is 2.43. The van der Waals surface area contributed by atoms with Gasteiger partial charge in [0.05, 0.1) is 0 Å². The molecular weight excluding hydrogens is 224 g/mol. The molecular formula is C15H22N2O. The minimum Gasteiger partial charge on any atom is -0.354 e. The van der Waals surface area contributed by atoms with Crippen LogP contribution >= 0.6 is 0 Å². The van der Waals surface area contributed by atoms with E-state index in [9.17, 15) is 4.79 Å². The van der Waals surface area contributed by atoms with E-state index in [1.165, 1.54) is 17.5 Å². The van der Waals surface area contributed by atoms with Crippen LogP contribution in [0, 0.1) is 0 Å². The number of hydrogen-bond donors (Lipinski definition) is 2. The summed E-state index contributed by atoms with van der Waals surface area (Å²) in [5.41, 5.74) is 2.68. The summed E-state index contributed by atoms with van der Waals surface area (Å²) in [6, 6.07) is 9.34. The standard InChI is InChI=1S/C15H22N2O/c1-3-4-12-5-7-13(8-6-12)11(2)17-14-9-15(18)16-10-14/h5-8,11,14,17H,3-4,9-10H2,1-2H3,(H,16,18). The quantitative estimate of drug-likeness (QED) is 0.836. The molecule has 98 valence electrons. The number of hydrogen-bond acceptors (Lipinski definition) is 2. The summed E-state index contributed by atoms with van der Waals surface area (Å²) in [6.07, 6.45) is 2.92. The summed E-state index contributed by atoms with van der Waals surface area (Å²) in [4.78, 5) is 11.1. The van der Waals surface area contributed by atoms with Crippen LogP contribution in [0.3, 0.4) is 0 Å². The molecule has 1 fully saturated rings. The van der Waals surface area contributed by atoms with Crippen molar-refractivity contribution in [3.63, 3.8) is 0 Å². The van der Waals surface area contributed by atoms with E-state index in [4.69, 9.17) is 0 Å². The number of carbonyl (C=O) groups excluding carboxylic acids is 1. The fraction of sp³-hybridized carbons (Fsp3) is 0.533. The predicted octanol–water partition coefficient (Wildman–Crippen LogP) is 2.18. The molecule has 3 heteroatoms. The maximum absolute atomic E-state index is 11.1. The van der Waals surface area contributed by atoms with Gasteiger partial charge in [-0.1, -0.05) is 37.6 Å². The van der Waals surface area contributed by atoms with Crippen molar-refractivity contribution in [2.24, 2.45) is 0 Å². The molecule has 2 N–H and O–H groups in total. The van der Waals surface area contributed by atoms with Gasteiger partial charge in [-0.2, -0.15) is 0 Å². The van der Waals surface area contributed by atoms with Gasteiger partial charge >= 0.3 is 0 Å². The molecule has 1 aromatic rings. The maximum Gasteiger partial charge on any atom is 0.221 e. The summed E-state index contributed by atoms with van der Waals surface area (Å²) >= 11 is 0. The number of carbonyl (C=O) groups is 1. The Morgan fingerprint density at radius 3 is 2.67 bits per heavy atom. The molecule has 0 aromatic heterocycles. The minimum absolute atomic E-state index is 0.151. The Kier molecular flexibility index (Phi) is 4.37. The smallest absolute Gasteiger partial charge is 0.221 e. The van der Waals surface area contributed by atoms with Gasteiger partial charge in [-0.25, -0.2) is 0 Å². The Morgan fingerprint density at radius 2 is 2.11 bits per heavy atom. The van der Waals surface area contributed by atoms with Gasteiger partial charge in [0, 0.05) is 25.0 Å². The molecule has 0 bridgehead atoms. The van der Waals surface area contributed by atoms with Crippen LogP contribution in [-0.2, 0) is 11.2 Å². The lowest BCUT2D eigenvalue weighted by atomic mass is 10.0. The van der Waals surface area contributed by atoms with Crippen LogP contribution in [0.1, 0.15) is 43.9 Å². The zero-order valence-corrected chi connectivity index (χ0v) is 11.2. The average molecular weight is 246 g/mol. The van der Waals surface area contributed by atoms with E-state index < -0.39 is 0 Å². The highest BCUT2D eigenvalue weighted by Gasteiger charge is 2.22. The van der Waals surface area contributed by atoms with Crippen LogP contribution < -0.4 is 10.6 Å². The van der Waals surface area contributed by atoms with Gasteiger partial charge in [0.25, 0.3) is 0 Å². The molecule has 1 aromatic carbocycles. The van der Waals surface area contributed by atoms with Crippen molar-refractivity contribution in [1.29, 1.82) is 0 Å². The molecule has 1 saturated heterocycles. The van der Waals surface area contributed by atoms with Crippen molar-refractivity contribution in [3.05, 3.63) is 35.4 Å². The molecule has 2 atom stereocenters. The van der Waals surface area contributed by atoms with E-state index in [1.807, 2.05) is 0 Å². The Bertz CT molecular complexity index is 399. The summed E-state index contributed by atoms with van der Waals surface area (Å²) < 4.78 is 0. The Balaban J connectivity index is 1.91. The largest absolute Gasteiger partial charge is 0.354 e. The van der Waals surface area contributed by atoms with Crippen molar-refractivity contribution in [3.8, 4) is 0 Å². The van der Waals surface area contributed by atoms with Gasteiger partial charge in [0.15, 0.2) is 0 Å². The lowest BCUT2D eigenvalue weighted by Gasteiger charge is -2.18. The lowest BCUT2D eigenvalue weighted by molar-refractivity contribution is -0.119. The van der Waals surface area contributed by atoms with Crippen LogP contribution in [0.2, 0.25) is 0 Å². The molecule has 0 aliphatic carbocycles. The Labute approximate surface area is 109 Å². The van der Waals surface area contributed by atoms with Crippen molar-refractivity contribution in [1.82, 2.24) is 10.6 Å². The monoisotopic (exact) mass is 246 g/mol. The lowest BCUT2D eigenvalue weighted by Crippen LogP contribution is -2.33. The molecule has 2 rings (SSSR count). The third kappa shape index (κ3) is 3.33. The zero-order chi connectivity index (χ0) is 13.0. The zero-order valence-electron chi connectivity index (χ0n) is 11.2. The summed E-state index contributed by atoms with van der Waals surface area (Å²) in [6.45, 7) is 5.09. The molecule has 0 spiro atoms. The van der Waals surface area contributed by atoms with Crippen LogP contribution in [0.15, 0.2) is 24.3 Å². The van der Waals surface area contributed by atoms with Gasteiger partial charge in [0.1, 0.15) is 0 Å². The molecule has 0 saturated carbocycles. The van der Waals surface area contributed by atoms with E-state index in [0.29, 0.717) is 12.5 Å². The highest BCUT2D eigenvalue weighted by atomic mass is 16.1. The fourth-order valence-electron chi connectivity index (χ4n) is 2.43. The minimum atomic E-state index is 0.151. The second-order valence-electron chi connectivity index (χ2n) is 5.09. The van der Waals surface area contributed by atoms with E-state index >= 15 is 0 Å². The third-order valence-electron chi connectivity index (χ3n) is 3.48. The van der Waals surface area contributed by atoms with E-state index in [0.717, 1.165) is 13.0 Å². The molecule has 1 aliphatic rings. The maximum atomic E-state index is 11.1. The van der Waals surface area contributed by atoms with Crippen LogP contribution in [0.4, 0.5) is 0 Å². The average Bonchev–Trinajstić information content (AvgIpc) is 2.76. The number of amides is 1. The van der Waals surface area contributed by atoms with Gasteiger partial charge in [0.2, 0.25) is 5.91 Å². The molecule has 0 radical (unpaired) electrons. The van der Waals surface area contributed by atoms with Crippen molar-refractivity contribution >= 4 is 5.91 Å². The van der Waals surface area contributed by atoms with Crippen LogP contribution in [0.25, 0.3) is 0 Å². The van der Waals surface area contributed by atoms with Crippen molar-refractivity contribution in [2.45, 2.75) is 45.2 Å². The van der Waals surface area contributed by atoms with Gasteiger partial charge in [-0.05, 0) is 24.5 Å². The first-order valence-electron chi connectivity index (χ1n) is 6.80. The normalized spacial score (nSPS) is 20.8. The molecule has 1 amide bonds. The van der Waals surface area contributed by atoms with E-state index in [-0.39, 0.29) is 11.9 Å². The van der Waals surface area contributed by atoms with Crippen LogP contribution in [0.5, 0.6) is 0 Å². The number of rotatable bonds is 5. The Morgan fingerprint density at radius 1 is 1.39 bits per heavy atom. The van der Waals surface area contributed by atoms with E-state index in [1.54, 1.807) is 0 Å². The van der Waals surface area contributed by atoms with Crippen molar-refractivity contribution < 1.29 is 4.79 Å². The summed E-state index contributed by atoms with van der Waals surface area (Å²) in [5.74, 6) is 0.151. The van der Waals surface area contributed by atoms with Crippen LogP contribution in [-0.4, -0.2) is 18.5 Å². The second kappa shape index (κ2) is 6.01. The number of aryl methyl sites for hydroxylation is 1. The first kappa shape index (κ1) is 13.1. The molecule has 1 heterocycles. The van der Waals surface area contributed by atoms with Gasteiger partial charge < -0.3 is 10.6 Å². The third-order valence-corrected chi connectivity index (χ3v) is 3.48. The van der Waals surface area contributed by atoms with Gasteiger partial charge in [-0.15, -0.1) is 0 Å². The van der Waals surface area contributed by atoms with Gasteiger partial charge in [-0.3, -0.25) is 4.79 Å². The SMILES string of the molecule is CCCc1ccc(C(C)NC2CNC(=O)C2)cc1. The first-order valence-corrected chi connectivity index (χ1v) is 6.80. The highest BCUT2D eigenvalue weighted by molar-refractivity contribution is 5.78. The highest BCUT2D eigenvalue weighted by Crippen LogP contribution is 2.16. The predicted molar refractivity (Wildman–Crippen MR) is 73.4 cm³/mol.